The maximum absolute atomic E-state index is 5.38. The van der Waals surface area contributed by atoms with Crippen LogP contribution in [0.15, 0.2) is 6.20 Å². The number of hydrogen-bond acceptors (Lipinski definition) is 3. The lowest BCUT2D eigenvalue weighted by molar-refractivity contribution is 0.178. The van der Waals surface area contributed by atoms with Crippen LogP contribution in [-0.4, -0.2) is 23.6 Å². The molecule has 0 spiro atoms. The van der Waals surface area contributed by atoms with E-state index in [4.69, 9.17) is 10.5 Å². The number of rotatable bonds is 5. The quantitative estimate of drug-likeness (QED) is 0.672. The first-order chi connectivity index (χ1) is 5.86. The fraction of sp³-hybridized carbons (Fsp3) is 0.625. The molecule has 4 heteroatoms. The molecular weight excluding hydrogens is 154 g/mol. The van der Waals surface area contributed by atoms with E-state index in [1.807, 2.05) is 6.20 Å². The number of nitrogens with zero attached hydrogens (tertiary/aromatic N) is 1. The molecule has 0 aromatic carbocycles. The number of H-pyrrole nitrogens is 1. The van der Waals surface area contributed by atoms with Crippen molar-refractivity contribution < 1.29 is 4.74 Å². The second-order valence-electron chi connectivity index (χ2n) is 2.68. The minimum atomic E-state index is 0.544. The van der Waals surface area contributed by atoms with Crippen LogP contribution < -0.4 is 5.73 Å². The Labute approximate surface area is 72.1 Å². The van der Waals surface area contributed by atoms with Crippen molar-refractivity contribution in [2.24, 2.45) is 5.73 Å². The fourth-order valence-electron chi connectivity index (χ4n) is 1.04. The van der Waals surface area contributed by atoms with Crippen molar-refractivity contribution in [1.29, 1.82) is 0 Å². The van der Waals surface area contributed by atoms with Crippen molar-refractivity contribution >= 4 is 0 Å². The molecule has 0 aliphatic carbocycles. The van der Waals surface area contributed by atoms with Crippen LogP contribution in [0.3, 0.4) is 0 Å². The van der Waals surface area contributed by atoms with Crippen LogP contribution in [0.1, 0.15) is 17.9 Å². The molecule has 0 bridgehead atoms. The predicted octanol–water partition coefficient (Wildman–Crippen LogP) is 0.447. The van der Waals surface area contributed by atoms with Crippen LogP contribution in [0.25, 0.3) is 0 Å². The van der Waals surface area contributed by atoms with E-state index >= 15 is 0 Å². The Morgan fingerprint density at radius 2 is 2.50 bits per heavy atom. The molecule has 12 heavy (non-hydrogen) atoms. The van der Waals surface area contributed by atoms with Crippen molar-refractivity contribution in [1.82, 2.24) is 9.97 Å². The van der Waals surface area contributed by atoms with Gasteiger partial charge in [-0.3, -0.25) is 0 Å². The third kappa shape index (κ3) is 2.64. The second kappa shape index (κ2) is 4.90. The topological polar surface area (TPSA) is 63.9 Å². The molecule has 0 aliphatic rings. The SMILES string of the molecule is COCc1ncc(CCCN)[nH]1. The summed E-state index contributed by atoms with van der Waals surface area (Å²) in [7, 11) is 1.65. The second-order valence-corrected chi connectivity index (χ2v) is 2.68. The van der Waals surface area contributed by atoms with Crippen LogP contribution >= 0.6 is 0 Å². The first-order valence-electron chi connectivity index (χ1n) is 4.08. The van der Waals surface area contributed by atoms with Crippen molar-refractivity contribution in [3.63, 3.8) is 0 Å². The maximum Gasteiger partial charge on any atom is 0.132 e. The van der Waals surface area contributed by atoms with Gasteiger partial charge in [0.05, 0.1) is 0 Å². The van der Waals surface area contributed by atoms with E-state index < -0.39 is 0 Å². The Morgan fingerprint density at radius 3 is 3.17 bits per heavy atom. The zero-order valence-corrected chi connectivity index (χ0v) is 7.34. The Bertz CT molecular complexity index is 222. The lowest BCUT2D eigenvalue weighted by Crippen LogP contribution is -2.00. The number of hydrogen-bond donors (Lipinski definition) is 2. The van der Waals surface area contributed by atoms with Gasteiger partial charge in [-0.25, -0.2) is 4.98 Å². The molecule has 0 atom stereocenters. The molecule has 1 rings (SSSR count). The first-order valence-corrected chi connectivity index (χ1v) is 4.08. The molecule has 68 valence electrons. The van der Waals surface area contributed by atoms with Crippen LogP contribution in [-0.2, 0) is 17.8 Å². The lowest BCUT2D eigenvalue weighted by atomic mass is 10.2. The first kappa shape index (κ1) is 9.22. The highest BCUT2D eigenvalue weighted by Gasteiger charge is 1.98. The minimum Gasteiger partial charge on any atom is -0.377 e. The summed E-state index contributed by atoms with van der Waals surface area (Å²) >= 11 is 0. The molecule has 0 fully saturated rings. The normalized spacial score (nSPS) is 10.5. The van der Waals surface area contributed by atoms with Crippen molar-refractivity contribution in [3.05, 3.63) is 17.7 Å². The van der Waals surface area contributed by atoms with Gasteiger partial charge < -0.3 is 15.5 Å². The highest BCUT2D eigenvalue weighted by atomic mass is 16.5. The molecule has 0 saturated carbocycles. The Kier molecular flexibility index (Phi) is 3.76. The third-order valence-electron chi connectivity index (χ3n) is 1.61. The summed E-state index contributed by atoms with van der Waals surface area (Å²) in [5.41, 5.74) is 6.51. The molecule has 0 saturated heterocycles. The van der Waals surface area contributed by atoms with E-state index in [1.54, 1.807) is 7.11 Å². The van der Waals surface area contributed by atoms with Gasteiger partial charge in [0.2, 0.25) is 0 Å². The van der Waals surface area contributed by atoms with Gasteiger partial charge in [0.1, 0.15) is 12.4 Å². The van der Waals surface area contributed by atoms with Crippen LogP contribution in [0, 0.1) is 0 Å². The molecule has 1 aromatic heterocycles. The van der Waals surface area contributed by atoms with E-state index in [2.05, 4.69) is 9.97 Å². The van der Waals surface area contributed by atoms with Gasteiger partial charge in [0, 0.05) is 19.0 Å². The molecule has 0 aliphatic heterocycles. The molecule has 4 nitrogen and oxygen atoms in total. The molecular formula is C8H15N3O. The number of nitrogens with two attached hydrogens (primary N) is 1. The lowest BCUT2D eigenvalue weighted by Gasteiger charge is -1.94. The largest absolute Gasteiger partial charge is 0.377 e. The fourth-order valence-corrected chi connectivity index (χ4v) is 1.04. The number of imidazole rings is 1. The predicted molar refractivity (Wildman–Crippen MR) is 46.7 cm³/mol. The summed E-state index contributed by atoms with van der Waals surface area (Å²) in [4.78, 5) is 7.29. The number of methoxy groups -OCH3 is 1. The zero-order chi connectivity index (χ0) is 8.81. The van der Waals surface area contributed by atoms with E-state index in [0.29, 0.717) is 6.61 Å². The minimum absolute atomic E-state index is 0.544. The molecule has 0 radical (unpaired) electrons. The van der Waals surface area contributed by atoms with Crippen molar-refractivity contribution in [2.45, 2.75) is 19.4 Å². The summed E-state index contributed by atoms with van der Waals surface area (Å²) in [5.74, 6) is 0.879. The molecule has 3 N–H and O–H groups in total. The summed E-state index contributed by atoms with van der Waals surface area (Å²) < 4.78 is 4.93. The highest BCUT2D eigenvalue weighted by Crippen LogP contribution is 2.00. The number of aromatic amines is 1. The van der Waals surface area contributed by atoms with Gasteiger partial charge in [-0.1, -0.05) is 0 Å². The number of nitrogens with one attached hydrogen (secondary N) is 1. The average Bonchev–Trinajstić information content (AvgIpc) is 2.50. The third-order valence-corrected chi connectivity index (χ3v) is 1.61. The molecule has 0 amide bonds. The van der Waals surface area contributed by atoms with Gasteiger partial charge in [-0.05, 0) is 19.4 Å². The van der Waals surface area contributed by atoms with Crippen molar-refractivity contribution in [2.75, 3.05) is 13.7 Å². The van der Waals surface area contributed by atoms with E-state index in [1.165, 1.54) is 0 Å². The zero-order valence-electron chi connectivity index (χ0n) is 7.34. The summed E-state index contributed by atoms with van der Waals surface area (Å²) in [6, 6.07) is 0. The Morgan fingerprint density at radius 1 is 1.67 bits per heavy atom. The van der Waals surface area contributed by atoms with E-state index in [9.17, 15) is 0 Å². The number of aromatic nitrogens is 2. The highest BCUT2D eigenvalue weighted by molar-refractivity contribution is 5.00. The van der Waals surface area contributed by atoms with Gasteiger partial charge in [-0.15, -0.1) is 0 Å². The smallest absolute Gasteiger partial charge is 0.132 e. The standard InChI is InChI=1S/C8H15N3O/c1-12-6-8-10-5-7(11-8)3-2-4-9/h5H,2-4,6,9H2,1H3,(H,10,11). The van der Waals surface area contributed by atoms with Crippen LogP contribution in [0.4, 0.5) is 0 Å². The number of ether oxygens (including phenoxy) is 1. The van der Waals surface area contributed by atoms with Crippen LogP contribution in [0.5, 0.6) is 0 Å². The average molecular weight is 169 g/mol. The molecule has 0 unspecified atom stereocenters. The van der Waals surface area contributed by atoms with Gasteiger partial charge in [0.15, 0.2) is 0 Å². The van der Waals surface area contributed by atoms with E-state index in [0.717, 1.165) is 30.9 Å². The van der Waals surface area contributed by atoms with Gasteiger partial charge in [0.25, 0.3) is 0 Å². The van der Waals surface area contributed by atoms with Crippen LogP contribution in [0.2, 0.25) is 0 Å². The summed E-state index contributed by atoms with van der Waals surface area (Å²) in [6.45, 7) is 1.27. The molecule has 1 heterocycles. The monoisotopic (exact) mass is 169 g/mol. The Hall–Kier alpha value is -0.870. The summed E-state index contributed by atoms with van der Waals surface area (Å²) in [5, 5.41) is 0. The Balaban J connectivity index is 2.41. The maximum atomic E-state index is 5.38. The van der Waals surface area contributed by atoms with Gasteiger partial charge >= 0.3 is 0 Å². The van der Waals surface area contributed by atoms with E-state index in [-0.39, 0.29) is 0 Å². The number of aryl methyl sites for hydroxylation is 1. The molecule has 1 aromatic rings. The summed E-state index contributed by atoms with van der Waals surface area (Å²) in [6.07, 6.45) is 3.80. The van der Waals surface area contributed by atoms with Crippen molar-refractivity contribution in [3.8, 4) is 0 Å². The van der Waals surface area contributed by atoms with Gasteiger partial charge in [-0.2, -0.15) is 0 Å².